The average molecular weight is 304 g/mol. The van der Waals surface area contributed by atoms with Gasteiger partial charge in [0.25, 0.3) is 11.8 Å². The van der Waals surface area contributed by atoms with Crippen molar-refractivity contribution in [1.82, 2.24) is 0 Å². The fourth-order valence-corrected chi connectivity index (χ4v) is 2.97. The third-order valence-corrected chi connectivity index (χ3v) is 4.13. The second kappa shape index (κ2) is 5.84. The molecule has 0 aliphatic heterocycles. The van der Waals surface area contributed by atoms with Crippen LogP contribution in [0, 0.1) is 6.92 Å². The molecule has 1 aromatic carbocycles. The predicted molar refractivity (Wildman–Crippen MR) is 84.3 cm³/mol. The van der Waals surface area contributed by atoms with Crippen molar-refractivity contribution in [3.05, 3.63) is 45.8 Å². The van der Waals surface area contributed by atoms with Crippen LogP contribution < -0.4 is 22.5 Å². The van der Waals surface area contributed by atoms with E-state index in [1.54, 1.807) is 0 Å². The number of hydrogen-bond acceptors (Lipinski definition) is 5. The second-order valence-electron chi connectivity index (χ2n) is 4.62. The quantitative estimate of drug-likeness (QED) is 0.667. The molecule has 0 unspecified atom stereocenters. The minimum atomic E-state index is -0.692. The summed E-state index contributed by atoms with van der Waals surface area (Å²) in [5, 5.41) is 3.54. The zero-order valence-corrected chi connectivity index (χ0v) is 12.3. The number of carbonyl (C=O) groups excluding carboxylic acids is 2. The Morgan fingerprint density at radius 1 is 1.24 bits per heavy atom. The van der Waals surface area contributed by atoms with Crippen LogP contribution in [0.1, 0.15) is 31.2 Å². The van der Waals surface area contributed by atoms with Gasteiger partial charge in [-0.3, -0.25) is 9.59 Å². The molecule has 0 saturated heterocycles. The monoisotopic (exact) mass is 304 g/mol. The lowest BCUT2D eigenvalue weighted by atomic mass is 10.1. The molecule has 1 heterocycles. The smallest absolute Gasteiger partial charge is 0.260 e. The van der Waals surface area contributed by atoms with E-state index in [4.69, 9.17) is 17.2 Å². The third kappa shape index (κ3) is 3.14. The highest BCUT2D eigenvalue weighted by Crippen LogP contribution is 2.35. The van der Waals surface area contributed by atoms with Gasteiger partial charge in [-0.2, -0.15) is 0 Å². The Morgan fingerprint density at radius 2 is 1.95 bits per heavy atom. The summed E-state index contributed by atoms with van der Waals surface area (Å²) >= 11 is 1.03. The van der Waals surface area contributed by atoms with Gasteiger partial charge in [0.15, 0.2) is 0 Å². The first-order chi connectivity index (χ1) is 9.90. The van der Waals surface area contributed by atoms with Crippen molar-refractivity contribution in [2.24, 2.45) is 11.5 Å². The van der Waals surface area contributed by atoms with Crippen LogP contribution in [0.3, 0.4) is 0 Å². The summed E-state index contributed by atoms with van der Waals surface area (Å²) in [6.45, 7) is 2.48. The Morgan fingerprint density at radius 3 is 2.52 bits per heavy atom. The van der Waals surface area contributed by atoms with Crippen molar-refractivity contribution >= 4 is 33.8 Å². The maximum Gasteiger partial charge on any atom is 0.260 e. The number of nitrogen functional groups attached to an aromatic ring is 1. The highest BCUT2D eigenvalue weighted by molar-refractivity contribution is 7.19. The Hall–Kier alpha value is -2.54. The second-order valence-corrected chi connectivity index (χ2v) is 5.64. The highest BCUT2D eigenvalue weighted by Gasteiger charge is 2.22. The van der Waals surface area contributed by atoms with E-state index in [9.17, 15) is 9.59 Å². The van der Waals surface area contributed by atoms with Crippen molar-refractivity contribution in [2.75, 3.05) is 11.1 Å². The van der Waals surface area contributed by atoms with E-state index in [1.165, 1.54) is 0 Å². The van der Waals surface area contributed by atoms with Gasteiger partial charge in [0.1, 0.15) is 9.88 Å². The zero-order valence-electron chi connectivity index (χ0n) is 11.5. The maximum atomic E-state index is 11.5. The van der Waals surface area contributed by atoms with E-state index in [2.05, 4.69) is 5.32 Å². The summed E-state index contributed by atoms with van der Waals surface area (Å²) in [7, 11) is 0. The Bertz CT molecular complexity index is 709. The van der Waals surface area contributed by atoms with Gasteiger partial charge in [0.2, 0.25) is 0 Å². The van der Waals surface area contributed by atoms with Crippen LogP contribution in [0.5, 0.6) is 0 Å². The van der Waals surface area contributed by atoms with E-state index >= 15 is 0 Å². The lowest BCUT2D eigenvalue weighted by Gasteiger charge is -2.06. The number of thiophene rings is 1. The molecule has 0 aliphatic rings. The Labute approximate surface area is 125 Å². The van der Waals surface area contributed by atoms with Crippen molar-refractivity contribution < 1.29 is 9.59 Å². The largest absolute Gasteiger partial charge is 0.397 e. The molecule has 2 rings (SSSR count). The molecule has 0 radical (unpaired) electrons. The average Bonchev–Trinajstić information content (AvgIpc) is 2.73. The number of carbonyl (C=O) groups is 2. The van der Waals surface area contributed by atoms with E-state index < -0.39 is 11.8 Å². The van der Waals surface area contributed by atoms with Crippen LogP contribution in [-0.2, 0) is 6.54 Å². The molecular formula is C14H16N4O2S. The number of primary amides is 2. The molecule has 7 heteroatoms. The Kier molecular flexibility index (Phi) is 4.13. The van der Waals surface area contributed by atoms with Gasteiger partial charge < -0.3 is 22.5 Å². The predicted octanol–water partition coefficient (Wildman–Crippen LogP) is 1.45. The number of amides is 2. The lowest BCUT2D eigenvalue weighted by molar-refractivity contribution is 0.0999. The van der Waals surface area contributed by atoms with Crippen LogP contribution in [0.25, 0.3) is 0 Å². The summed E-state index contributed by atoms with van der Waals surface area (Å²) in [6.07, 6.45) is 0. The topological polar surface area (TPSA) is 124 Å². The molecule has 0 saturated carbocycles. The SMILES string of the molecule is Cc1cccc(CNc2sc(C(N)=O)c(N)c2C(N)=O)c1. The lowest BCUT2D eigenvalue weighted by Crippen LogP contribution is -2.16. The van der Waals surface area contributed by atoms with E-state index in [0.717, 1.165) is 22.5 Å². The van der Waals surface area contributed by atoms with E-state index in [0.29, 0.717) is 11.5 Å². The van der Waals surface area contributed by atoms with Crippen molar-refractivity contribution in [1.29, 1.82) is 0 Å². The first kappa shape index (κ1) is 14.9. The fourth-order valence-electron chi connectivity index (χ4n) is 2.00. The van der Waals surface area contributed by atoms with Crippen LogP contribution in [0.2, 0.25) is 0 Å². The normalized spacial score (nSPS) is 10.3. The fraction of sp³-hybridized carbons (Fsp3) is 0.143. The number of hydrogen-bond donors (Lipinski definition) is 4. The van der Waals surface area contributed by atoms with Gasteiger partial charge >= 0.3 is 0 Å². The molecule has 0 spiro atoms. The van der Waals surface area contributed by atoms with Crippen LogP contribution in [-0.4, -0.2) is 11.8 Å². The van der Waals surface area contributed by atoms with Gasteiger partial charge in [-0.1, -0.05) is 29.8 Å². The van der Waals surface area contributed by atoms with E-state index in [-0.39, 0.29) is 16.1 Å². The van der Waals surface area contributed by atoms with Gasteiger partial charge in [-0.05, 0) is 12.5 Å². The summed E-state index contributed by atoms with van der Waals surface area (Å²) in [5.41, 5.74) is 18.6. The number of rotatable bonds is 5. The Balaban J connectivity index is 2.29. The van der Waals surface area contributed by atoms with Crippen molar-refractivity contribution in [3.63, 3.8) is 0 Å². The zero-order chi connectivity index (χ0) is 15.6. The highest BCUT2D eigenvalue weighted by atomic mass is 32.1. The molecule has 7 N–H and O–H groups in total. The minimum Gasteiger partial charge on any atom is -0.397 e. The molecule has 6 nitrogen and oxygen atoms in total. The van der Waals surface area contributed by atoms with E-state index in [1.807, 2.05) is 31.2 Å². The molecule has 0 fully saturated rings. The molecule has 0 aliphatic carbocycles. The molecule has 2 aromatic rings. The first-order valence-electron chi connectivity index (χ1n) is 6.21. The molecule has 110 valence electrons. The van der Waals surface area contributed by atoms with Crippen molar-refractivity contribution in [2.45, 2.75) is 13.5 Å². The molecular weight excluding hydrogens is 288 g/mol. The van der Waals surface area contributed by atoms with Crippen LogP contribution in [0.4, 0.5) is 10.7 Å². The van der Waals surface area contributed by atoms with Gasteiger partial charge in [0, 0.05) is 6.54 Å². The number of anilines is 2. The number of aryl methyl sites for hydroxylation is 1. The van der Waals surface area contributed by atoms with Gasteiger partial charge in [-0.25, -0.2) is 0 Å². The minimum absolute atomic E-state index is 0.0340. The van der Waals surface area contributed by atoms with Crippen molar-refractivity contribution in [3.8, 4) is 0 Å². The molecule has 0 bridgehead atoms. The molecule has 2 amide bonds. The molecule has 1 aromatic heterocycles. The number of nitrogens with two attached hydrogens (primary N) is 3. The van der Waals surface area contributed by atoms with Crippen LogP contribution in [0.15, 0.2) is 24.3 Å². The summed E-state index contributed by atoms with van der Waals surface area (Å²) in [4.78, 5) is 22.9. The summed E-state index contributed by atoms with van der Waals surface area (Å²) < 4.78 is 0. The van der Waals surface area contributed by atoms with Gasteiger partial charge in [0.05, 0.1) is 11.3 Å². The number of nitrogens with one attached hydrogen (secondary N) is 1. The molecule has 0 atom stereocenters. The first-order valence-corrected chi connectivity index (χ1v) is 7.03. The number of benzene rings is 1. The molecule has 21 heavy (non-hydrogen) atoms. The standard InChI is InChI=1S/C14H16N4O2S/c1-7-3-2-4-8(5-7)6-18-14-9(12(16)19)10(15)11(21-14)13(17)20/h2-5,18H,6,15H2,1H3,(H2,16,19)(H2,17,20). The summed E-state index contributed by atoms with van der Waals surface area (Å²) in [6, 6.07) is 7.91. The van der Waals surface area contributed by atoms with Gasteiger partial charge in [-0.15, -0.1) is 11.3 Å². The third-order valence-electron chi connectivity index (χ3n) is 2.95. The van der Waals surface area contributed by atoms with Crippen LogP contribution >= 0.6 is 11.3 Å². The summed E-state index contributed by atoms with van der Waals surface area (Å²) in [5.74, 6) is -1.37. The maximum absolute atomic E-state index is 11.5.